The molecule has 0 fully saturated rings. The third-order valence-electron chi connectivity index (χ3n) is 4.87. The van der Waals surface area contributed by atoms with Gasteiger partial charge in [0.25, 0.3) is 10.0 Å². The van der Waals surface area contributed by atoms with Crippen molar-refractivity contribution in [1.82, 2.24) is 18.7 Å². The number of halogens is 3. The van der Waals surface area contributed by atoms with Crippen molar-refractivity contribution in [2.24, 2.45) is 0 Å². The molecule has 14 heteroatoms. The van der Waals surface area contributed by atoms with Crippen molar-refractivity contribution < 1.29 is 21.9 Å². The summed E-state index contributed by atoms with van der Waals surface area (Å²) in [5.41, 5.74) is 7.62. The van der Waals surface area contributed by atoms with Gasteiger partial charge in [-0.25, -0.2) is 27.2 Å². The van der Waals surface area contributed by atoms with E-state index in [1.54, 1.807) is 28.8 Å². The van der Waals surface area contributed by atoms with E-state index in [0.29, 0.717) is 39.7 Å². The molecule has 35 heavy (non-hydrogen) atoms. The molecular formula is C21H13ClF2N6O3S2. The molecule has 0 atom stereocenters. The van der Waals surface area contributed by atoms with Crippen molar-refractivity contribution in [3.05, 3.63) is 77.8 Å². The van der Waals surface area contributed by atoms with Crippen molar-refractivity contribution in [3.8, 4) is 22.6 Å². The number of hydrogen-bond acceptors (Lipinski definition) is 8. The first kappa shape index (κ1) is 23.0. The van der Waals surface area contributed by atoms with Gasteiger partial charge in [0.15, 0.2) is 11.6 Å². The highest BCUT2D eigenvalue weighted by Crippen LogP contribution is 2.37. The van der Waals surface area contributed by atoms with Crippen LogP contribution in [0.5, 0.6) is 11.5 Å². The summed E-state index contributed by atoms with van der Waals surface area (Å²) in [7, 11) is -4.45. The maximum absolute atomic E-state index is 14.9. The van der Waals surface area contributed by atoms with Crippen LogP contribution < -0.4 is 15.2 Å². The minimum atomic E-state index is -4.45. The number of rotatable bonds is 6. The molecule has 0 aliphatic rings. The second kappa shape index (κ2) is 8.76. The van der Waals surface area contributed by atoms with Crippen LogP contribution >= 0.6 is 23.1 Å². The molecule has 0 saturated carbocycles. The first-order chi connectivity index (χ1) is 16.7. The van der Waals surface area contributed by atoms with Gasteiger partial charge in [0, 0.05) is 46.0 Å². The summed E-state index contributed by atoms with van der Waals surface area (Å²) in [6.45, 7) is 0. The fourth-order valence-electron chi connectivity index (χ4n) is 3.28. The number of pyridine rings is 1. The maximum Gasteiger partial charge on any atom is 0.266 e. The van der Waals surface area contributed by atoms with Gasteiger partial charge in [-0.2, -0.15) is 4.37 Å². The van der Waals surface area contributed by atoms with Gasteiger partial charge < -0.3 is 10.5 Å². The Balaban J connectivity index is 1.52. The molecule has 0 amide bonds. The lowest BCUT2D eigenvalue weighted by Crippen LogP contribution is -2.15. The van der Waals surface area contributed by atoms with Crippen molar-refractivity contribution >= 4 is 49.8 Å². The van der Waals surface area contributed by atoms with Gasteiger partial charge in [-0.05, 0) is 30.3 Å². The van der Waals surface area contributed by atoms with Gasteiger partial charge in [-0.1, -0.05) is 11.6 Å². The monoisotopic (exact) mass is 534 g/mol. The maximum atomic E-state index is 14.9. The number of ether oxygens (including phenoxy) is 1. The number of nitrogens with zero attached hydrogens (tertiary/aromatic N) is 4. The molecule has 0 radical (unpaired) electrons. The van der Waals surface area contributed by atoms with Crippen LogP contribution in [0.4, 0.5) is 19.7 Å². The topological polar surface area (TPSA) is 124 Å². The summed E-state index contributed by atoms with van der Waals surface area (Å²) >= 11 is 6.91. The first-order valence-corrected chi connectivity index (χ1v) is 12.3. The SMILES string of the molecule is Nc1cnc2ccc(-c3cc(Cl)ccc3Oc3cc(F)c(S(=O)(=O)Nc4ncns4)cc3F)cn12. The summed E-state index contributed by atoms with van der Waals surface area (Å²) in [4.78, 5) is 6.93. The van der Waals surface area contributed by atoms with Crippen molar-refractivity contribution in [2.45, 2.75) is 4.90 Å². The zero-order valence-electron chi connectivity index (χ0n) is 17.3. The second-order valence-electron chi connectivity index (χ2n) is 7.14. The Hall–Kier alpha value is -3.81. The van der Waals surface area contributed by atoms with E-state index in [-0.39, 0.29) is 10.9 Å². The average molecular weight is 535 g/mol. The third-order valence-corrected chi connectivity index (χ3v) is 7.16. The molecule has 178 valence electrons. The van der Waals surface area contributed by atoms with Crippen molar-refractivity contribution in [1.29, 1.82) is 0 Å². The molecular weight excluding hydrogens is 522 g/mol. The van der Waals surface area contributed by atoms with E-state index in [1.807, 2.05) is 4.72 Å². The molecule has 0 aliphatic heterocycles. The van der Waals surface area contributed by atoms with Crippen LogP contribution in [0.2, 0.25) is 5.02 Å². The summed E-state index contributed by atoms with van der Waals surface area (Å²) in [6, 6.07) is 9.24. The Morgan fingerprint density at radius 2 is 1.89 bits per heavy atom. The Kier molecular flexibility index (Phi) is 5.75. The van der Waals surface area contributed by atoms with Crippen LogP contribution in [-0.4, -0.2) is 27.2 Å². The number of aromatic nitrogens is 4. The minimum absolute atomic E-state index is 0.0913. The number of fused-ring (bicyclic) bond motifs is 1. The second-order valence-corrected chi connectivity index (χ2v) is 10.0. The number of nitrogens with two attached hydrogens (primary N) is 1. The molecule has 0 aliphatic carbocycles. The smallest absolute Gasteiger partial charge is 0.266 e. The molecule has 5 rings (SSSR count). The molecule has 5 aromatic rings. The summed E-state index contributed by atoms with van der Waals surface area (Å²) in [5, 5.41) is 0.285. The lowest BCUT2D eigenvalue weighted by atomic mass is 10.1. The highest BCUT2D eigenvalue weighted by Gasteiger charge is 2.24. The summed E-state index contributed by atoms with van der Waals surface area (Å²) in [6.07, 6.45) is 4.32. The lowest BCUT2D eigenvalue weighted by Gasteiger charge is -2.14. The van der Waals surface area contributed by atoms with E-state index in [4.69, 9.17) is 22.1 Å². The number of nitrogens with one attached hydrogen (secondary N) is 1. The fourth-order valence-corrected chi connectivity index (χ4v) is 5.18. The largest absolute Gasteiger partial charge is 0.454 e. The molecule has 2 aromatic carbocycles. The number of hydrogen-bond donors (Lipinski definition) is 2. The Morgan fingerprint density at radius 1 is 1.06 bits per heavy atom. The Morgan fingerprint density at radius 3 is 2.66 bits per heavy atom. The number of benzene rings is 2. The molecule has 0 spiro atoms. The molecule has 0 bridgehead atoms. The fraction of sp³-hybridized carbons (Fsp3) is 0. The van der Waals surface area contributed by atoms with E-state index >= 15 is 0 Å². The number of nitrogen functional groups attached to an aromatic ring is 1. The van der Waals surface area contributed by atoms with E-state index in [2.05, 4.69) is 14.3 Å². The predicted molar refractivity (Wildman–Crippen MR) is 127 cm³/mol. The third kappa shape index (κ3) is 4.48. The zero-order valence-corrected chi connectivity index (χ0v) is 19.7. The molecule has 3 heterocycles. The number of sulfonamides is 1. The van der Waals surface area contributed by atoms with E-state index in [0.717, 1.165) is 17.9 Å². The quantitative estimate of drug-likeness (QED) is 0.315. The molecule has 3 N–H and O–H groups in total. The van der Waals surface area contributed by atoms with Gasteiger partial charge in [0.05, 0.1) is 6.20 Å². The lowest BCUT2D eigenvalue weighted by molar-refractivity contribution is 0.433. The molecule has 0 unspecified atom stereocenters. The standard InChI is InChI=1S/C21H13ClF2N6O3S2/c22-12-2-3-16(13(5-12)11-1-4-20-26-8-19(25)30(20)9-11)33-17-6-15(24)18(7-14(17)23)35(31,32)29-21-27-10-28-34-21/h1-10H,25H2,(H,27,28,29). The van der Waals surface area contributed by atoms with Crippen molar-refractivity contribution in [3.63, 3.8) is 0 Å². The van der Waals surface area contributed by atoms with Crippen LogP contribution in [0, 0.1) is 11.6 Å². The Labute approximate surface area is 206 Å². The summed E-state index contributed by atoms with van der Waals surface area (Å²) in [5.74, 6) is -2.29. The normalized spacial score (nSPS) is 11.6. The molecule has 3 aromatic heterocycles. The minimum Gasteiger partial charge on any atom is -0.454 e. The van der Waals surface area contributed by atoms with Crippen LogP contribution in [0.1, 0.15) is 0 Å². The highest BCUT2D eigenvalue weighted by molar-refractivity contribution is 7.93. The number of imidazole rings is 1. The highest BCUT2D eigenvalue weighted by atomic mass is 35.5. The van der Waals surface area contributed by atoms with Crippen LogP contribution in [0.15, 0.2) is 66.1 Å². The van der Waals surface area contributed by atoms with E-state index in [9.17, 15) is 17.2 Å². The zero-order chi connectivity index (χ0) is 24.7. The van der Waals surface area contributed by atoms with Gasteiger partial charge in [0.1, 0.15) is 34.3 Å². The van der Waals surface area contributed by atoms with Crippen LogP contribution in [0.3, 0.4) is 0 Å². The van der Waals surface area contributed by atoms with E-state index in [1.165, 1.54) is 18.3 Å². The van der Waals surface area contributed by atoms with Gasteiger partial charge in [-0.15, -0.1) is 0 Å². The molecule has 9 nitrogen and oxygen atoms in total. The van der Waals surface area contributed by atoms with Gasteiger partial charge in [-0.3, -0.25) is 9.12 Å². The van der Waals surface area contributed by atoms with E-state index < -0.39 is 32.3 Å². The predicted octanol–water partition coefficient (Wildman–Crippen LogP) is 4.96. The molecule has 0 saturated heterocycles. The van der Waals surface area contributed by atoms with Gasteiger partial charge in [0.2, 0.25) is 5.13 Å². The van der Waals surface area contributed by atoms with Gasteiger partial charge >= 0.3 is 0 Å². The first-order valence-electron chi connectivity index (χ1n) is 9.70. The van der Waals surface area contributed by atoms with Crippen molar-refractivity contribution in [2.75, 3.05) is 10.5 Å². The average Bonchev–Trinajstić information content (AvgIpc) is 3.46. The Bertz CT molecular complexity index is 1680. The summed E-state index contributed by atoms with van der Waals surface area (Å²) < 4.78 is 67.6. The van der Waals surface area contributed by atoms with Crippen LogP contribution in [0.25, 0.3) is 16.8 Å². The number of anilines is 2. The van der Waals surface area contributed by atoms with Crippen LogP contribution in [-0.2, 0) is 10.0 Å².